The molecule has 0 spiro atoms. The molecule has 19 heavy (non-hydrogen) atoms. The fraction of sp³-hybridized carbons (Fsp3) is 0.933. The predicted octanol–water partition coefficient (Wildman–Crippen LogP) is 1.36. The van der Waals surface area contributed by atoms with Gasteiger partial charge in [0.1, 0.15) is 0 Å². The average molecular weight is 267 g/mol. The standard InChI is InChI=1S/C15H29N3O/c1-11(18(4)12-6-7-12)10-17-14(19)13-15(2,3)8-5-9-16-13/h11-13,16H,5-10H2,1-4H3,(H,17,19). The van der Waals surface area contributed by atoms with Gasteiger partial charge in [-0.2, -0.15) is 0 Å². The van der Waals surface area contributed by atoms with Gasteiger partial charge >= 0.3 is 0 Å². The van der Waals surface area contributed by atoms with E-state index < -0.39 is 0 Å². The van der Waals surface area contributed by atoms with Gasteiger partial charge in [0, 0.05) is 18.6 Å². The van der Waals surface area contributed by atoms with Gasteiger partial charge in [-0.25, -0.2) is 0 Å². The SMILES string of the molecule is CC(CNC(=O)C1NCCCC1(C)C)N(C)C1CC1. The molecular formula is C15H29N3O. The van der Waals surface area contributed by atoms with Gasteiger partial charge in [-0.15, -0.1) is 0 Å². The molecule has 0 aromatic carbocycles. The quantitative estimate of drug-likeness (QED) is 0.790. The van der Waals surface area contributed by atoms with Crippen molar-refractivity contribution in [2.45, 2.75) is 64.6 Å². The number of carbonyl (C=O) groups is 1. The van der Waals surface area contributed by atoms with Gasteiger partial charge in [-0.1, -0.05) is 13.8 Å². The molecule has 4 heteroatoms. The van der Waals surface area contributed by atoms with Crippen LogP contribution in [0, 0.1) is 5.41 Å². The van der Waals surface area contributed by atoms with E-state index in [1.54, 1.807) is 0 Å². The summed E-state index contributed by atoms with van der Waals surface area (Å²) < 4.78 is 0. The van der Waals surface area contributed by atoms with Crippen molar-refractivity contribution in [2.75, 3.05) is 20.1 Å². The number of rotatable bonds is 5. The second-order valence-corrected chi connectivity index (χ2v) is 6.97. The van der Waals surface area contributed by atoms with Gasteiger partial charge in [-0.3, -0.25) is 9.69 Å². The minimum atomic E-state index is -0.0420. The highest BCUT2D eigenvalue weighted by Crippen LogP contribution is 2.30. The Kier molecular flexibility index (Phi) is 4.51. The first-order valence-corrected chi connectivity index (χ1v) is 7.65. The molecule has 1 aliphatic heterocycles. The summed E-state index contributed by atoms with van der Waals surface area (Å²) in [5.74, 6) is 0.167. The Balaban J connectivity index is 1.79. The van der Waals surface area contributed by atoms with E-state index in [9.17, 15) is 4.79 Å². The topological polar surface area (TPSA) is 44.4 Å². The lowest BCUT2D eigenvalue weighted by atomic mass is 9.77. The third kappa shape index (κ3) is 3.69. The van der Waals surface area contributed by atoms with Crippen LogP contribution in [0.15, 0.2) is 0 Å². The molecule has 2 fully saturated rings. The molecule has 0 aromatic heterocycles. The smallest absolute Gasteiger partial charge is 0.237 e. The summed E-state index contributed by atoms with van der Waals surface area (Å²) in [5, 5.41) is 6.50. The van der Waals surface area contributed by atoms with Crippen LogP contribution in [0.3, 0.4) is 0 Å². The third-order valence-electron chi connectivity index (χ3n) is 4.78. The van der Waals surface area contributed by atoms with Crippen LogP contribution in [0.2, 0.25) is 0 Å². The zero-order valence-corrected chi connectivity index (χ0v) is 12.8. The molecule has 4 nitrogen and oxygen atoms in total. The van der Waals surface area contributed by atoms with E-state index in [-0.39, 0.29) is 17.4 Å². The monoisotopic (exact) mass is 267 g/mol. The van der Waals surface area contributed by atoms with E-state index in [2.05, 4.69) is 43.4 Å². The van der Waals surface area contributed by atoms with Crippen LogP contribution >= 0.6 is 0 Å². The predicted molar refractivity (Wildman–Crippen MR) is 78.1 cm³/mol. The van der Waals surface area contributed by atoms with E-state index in [0.29, 0.717) is 6.04 Å². The Bertz CT molecular complexity index is 325. The lowest BCUT2D eigenvalue weighted by molar-refractivity contribution is -0.127. The maximum Gasteiger partial charge on any atom is 0.237 e. The molecule has 2 atom stereocenters. The Morgan fingerprint density at radius 1 is 1.47 bits per heavy atom. The molecule has 2 N–H and O–H groups in total. The van der Waals surface area contributed by atoms with E-state index in [0.717, 1.165) is 32.0 Å². The number of amides is 1. The maximum absolute atomic E-state index is 12.3. The Labute approximate surface area is 117 Å². The van der Waals surface area contributed by atoms with Crippen LogP contribution in [0.25, 0.3) is 0 Å². The van der Waals surface area contributed by atoms with Crippen molar-refractivity contribution >= 4 is 5.91 Å². The van der Waals surface area contributed by atoms with Crippen LogP contribution in [-0.2, 0) is 4.79 Å². The number of carbonyl (C=O) groups excluding carboxylic acids is 1. The minimum absolute atomic E-state index is 0.0420. The second-order valence-electron chi connectivity index (χ2n) is 6.97. The summed E-state index contributed by atoms with van der Waals surface area (Å²) in [4.78, 5) is 14.7. The summed E-state index contributed by atoms with van der Waals surface area (Å²) >= 11 is 0. The minimum Gasteiger partial charge on any atom is -0.353 e. The number of hydrogen-bond donors (Lipinski definition) is 2. The number of piperidine rings is 1. The average Bonchev–Trinajstić information content (AvgIpc) is 3.18. The van der Waals surface area contributed by atoms with Crippen LogP contribution < -0.4 is 10.6 Å². The van der Waals surface area contributed by atoms with Gasteiger partial charge in [0.05, 0.1) is 6.04 Å². The van der Waals surface area contributed by atoms with Crippen LogP contribution in [0.1, 0.15) is 46.5 Å². The number of hydrogen-bond acceptors (Lipinski definition) is 3. The van der Waals surface area contributed by atoms with Gasteiger partial charge in [0.2, 0.25) is 5.91 Å². The van der Waals surface area contributed by atoms with Crippen LogP contribution in [0.4, 0.5) is 0 Å². The molecular weight excluding hydrogens is 238 g/mol. The first-order chi connectivity index (χ1) is 8.92. The molecule has 0 bridgehead atoms. The molecule has 1 amide bonds. The molecule has 0 radical (unpaired) electrons. The highest BCUT2D eigenvalue weighted by Gasteiger charge is 2.37. The van der Waals surface area contributed by atoms with Gasteiger partial charge in [-0.05, 0) is 51.6 Å². The van der Waals surface area contributed by atoms with E-state index in [1.807, 2.05) is 0 Å². The number of likely N-dealkylation sites (N-methyl/N-ethyl adjacent to an activating group) is 1. The summed E-state index contributed by atoms with van der Waals surface area (Å²) in [6.45, 7) is 8.27. The molecule has 2 unspecified atom stereocenters. The first-order valence-electron chi connectivity index (χ1n) is 7.65. The third-order valence-corrected chi connectivity index (χ3v) is 4.78. The largest absolute Gasteiger partial charge is 0.353 e. The highest BCUT2D eigenvalue weighted by atomic mass is 16.2. The van der Waals surface area contributed by atoms with Crippen molar-refractivity contribution in [3.05, 3.63) is 0 Å². The van der Waals surface area contributed by atoms with Crippen molar-refractivity contribution in [1.82, 2.24) is 15.5 Å². The highest BCUT2D eigenvalue weighted by molar-refractivity contribution is 5.82. The molecule has 1 heterocycles. The normalized spacial score (nSPS) is 28.2. The first kappa shape index (κ1) is 14.8. The maximum atomic E-state index is 12.3. The van der Waals surface area contributed by atoms with Crippen molar-refractivity contribution in [1.29, 1.82) is 0 Å². The van der Waals surface area contributed by atoms with Gasteiger partial charge in [0.15, 0.2) is 0 Å². The van der Waals surface area contributed by atoms with Gasteiger partial charge in [0.25, 0.3) is 0 Å². The molecule has 1 saturated heterocycles. The second kappa shape index (κ2) is 5.80. The van der Waals surface area contributed by atoms with Gasteiger partial charge < -0.3 is 10.6 Å². The lowest BCUT2D eigenvalue weighted by Gasteiger charge is -2.38. The van der Waals surface area contributed by atoms with Crippen LogP contribution in [-0.4, -0.2) is 49.1 Å². The molecule has 1 saturated carbocycles. The van der Waals surface area contributed by atoms with Crippen molar-refractivity contribution in [3.8, 4) is 0 Å². The summed E-state index contributed by atoms with van der Waals surface area (Å²) in [7, 11) is 2.16. The fourth-order valence-electron chi connectivity index (χ4n) is 2.99. The van der Waals surface area contributed by atoms with Crippen molar-refractivity contribution < 1.29 is 4.79 Å². The molecule has 110 valence electrons. The molecule has 0 aromatic rings. The molecule has 1 aliphatic carbocycles. The zero-order chi connectivity index (χ0) is 14.0. The van der Waals surface area contributed by atoms with Crippen molar-refractivity contribution in [2.24, 2.45) is 5.41 Å². The Morgan fingerprint density at radius 3 is 2.74 bits per heavy atom. The summed E-state index contributed by atoms with van der Waals surface area (Å²) in [5.41, 5.74) is 0.0635. The summed E-state index contributed by atoms with van der Waals surface area (Å²) in [6.07, 6.45) is 4.91. The van der Waals surface area contributed by atoms with E-state index in [4.69, 9.17) is 0 Å². The van der Waals surface area contributed by atoms with Crippen LogP contribution in [0.5, 0.6) is 0 Å². The Morgan fingerprint density at radius 2 is 2.16 bits per heavy atom. The zero-order valence-electron chi connectivity index (χ0n) is 12.8. The lowest BCUT2D eigenvalue weighted by Crippen LogP contribution is -2.56. The van der Waals surface area contributed by atoms with E-state index in [1.165, 1.54) is 12.8 Å². The van der Waals surface area contributed by atoms with E-state index >= 15 is 0 Å². The Hall–Kier alpha value is -0.610. The molecule has 2 aliphatic rings. The van der Waals surface area contributed by atoms with Crippen molar-refractivity contribution in [3.63, 3.8) is 0 Å². The molecule has 2 rings (SSSR count). The number of nitrogens with zero attached hydrogens (tertiary/aromatic N) is 1. The number of nitrogens with one attached hydrogen (secondary N) is 2. The fourth-order valence-corrected chi connectivity index (χ4v) is 2.99. The summed E-state index contributed by atoms with van der Waals surface area (Å²) in [6, 6.07) is 1.12.